The van der Waals surface area contributed by atoms with Gasteiger partial charge in [-0.1, -0.05) is 6.07 Å². The Morgan fingerprint density at radius 3 is 2.75 bits per heavy atom. The first kappa shape index (κ1) is 11.0. The number of halogens is 1. The van der Waals surface area contributed by atoms with E-state index in [9.17, 15) is 14.5 Å². The highest BCUT2D eigenvalue weighted by molar-refractivity contribution is 5.41. The second kappa shape index (κ2) is 3.83. The van der Waals surface area contributed by atoms with Crippen LogP contribution in [0.15, 0.2) is 18.2 Å². The summed E-state index contributed by atoms with van der Waals surface area (Å²) in [7, 11) is 0. The molecule has 1 fully saturated rings. The lowest BCUT2D eigenvalue weighted by atomic mass is 10.0. The van der Waals surface area contributed by atoms with Crippen molar-refractivity contribution < 1.29 is 9.31 Å². The molecule has 0 spiro atoms. The van der Waals surface area contributed by atoms with Gasteiger partial charge in [-0.3, -0.25) is 10.1 Å². The lowest BCUT2D eigenvalue weighted by Crippen LogP contribution is -2.22. The van der Waals surface area contributed by atoms with Crippen LogP contribution in [0, 0.1) is 15.9 Å². The first-order valence-corrected chi connectivity index (χ1v) is 5.22. The van der Waals surface area contributed by atoms with Gasteiger partial charge in [-0.25, -0.2) is 4.39 Å². The minimum atomic E-state index is -0.547. The molecular weight excluding hydrogens is 211 g/mol. The first-order chi connectivity index (χ1) is 7.52. The van der Waals surface area contributed by atoms with Crippen molar-refractivity contribution in [2.24, 2.45) is 5.73 Å². The molecule has 16 heavy (non-hydrogen) atoms. The van der Waals surface area contributed by atoms with Gasteiger partial charge in [0.25, 0.3) is 5.69 Å². The van der Waals surface area contributed by atoms with E-state index in [0.717, 1.165) is 12.8 Å². The third kappa shape index (κ3) is 2.19. The molecule has 86 valence electrons. The van der Waals surface area contributed by atoms with E-state index in [-0.39, 0.29) is 16.8 Å². The standard InChI is InChI=1S/C11H13FN2O2/c12-9-2-1-3-10(14(15)16)8(9)4-5-11(13)6-7-11/h1-3H,4-7,13H2. The summed E-state index contributed by atoms with van der Waals surface area (Å²) >= 11 is 0. The average molecular weight is 224 g/mol. The SMILES string of the molecule is NC1(CCc2c(F)cccc2[N+](=O)[O-])CC1. The molecule has 0 aliphatic heterocycles. The predicted octanol–water partition coefficient (Wildman–Crippen LogP) is 2.16. The molecule has 0 aromatic heterocycles. The van der Waals surface area contributed by atoms with Gasteiger partial charge in [-0.15, -0.1) is 0 Å². The van der Waals surface area contributed by atoms with Crippen molar-refractivity contribution >= 4 is 5.69 Å². The van der Waals surface area contributed by atoms with E-state index in [0.29, 0.717) is 12.8 Å². The van der Waals surface area contributed by atoms with Crippen molar-refractivity contribution in [2.45, 2.75) is 31.2 Å². The van der Waals surface area contributed by atoms with Crippen LogP contribution in [0.3, 0.4) is 0 Å². The second-order valence-corrected chi connectivity index (χ2v) is 4.36. The van der Waals surface area contributed by atoms with E-state index < -0.39 is 10.7 Å². The van der Waals surface area contributed by atoms with Crippen LogP contribution in [0.2, 0.25) is 0 Å². The molecule has 1 aromatic rings. The smallest absolute Gasteiger partial charge is 0.275 e. The van der Waals surface area contributed by atoms with E-state index in [2.05, 4.69) is 0 Å². The third-order valence-corrected chi connectivity index (χ3v) is 3.06. The lowest BCUT2D eigenvalue weighted by molar-refractivity contribution is -0.385. The quantitative estimate of drug-likeness (QED) is 0.629. The van der Waals surface area contributed by atoms with Crippen LogP contribution in [0.5, 0.6) is 0 Å². The average Bonchev–Trinajstić information content (AvgIpc) is 2.95. The Kier molecular flexibility index (Phi) is 2.63. The summed E-state index contributed by atoms with van der Waals surface area (Å²) in [6, 6.07) is 3.93. The summed E-state index contributed by atoms with van der Waals surface area (Å²) in [5.41, 5.74) is 5.69. The highest BCUT2D eigenvalue weighted by Crippen LogP contribution is 2.37. The first-order valence-electron chi connectivity index (χ1n) is 5.22. The molecule has 1 aliphatic rings. The second-order valence-electron chi connectivity index (χ2n) is 4.36. The van der Waals surface area contributed by atoms with Gasteiger partial charge in [-0.2, -0.15) is 0 Å². The van der Waals surface area contributed by atoms with Gasteiger partial charge in [0, 0.05) is 11.6 Å². The summed E-state index contributed by atoms with van der Waals surface area (Å²) < 4.78 is 13.5. The van der Waals surface area contributed by atoms with Gasteiger partial charge in [0.15, 0.2) is 0 Å². The Morgan fingerprint density at radius 1 is 1.50 bits per heavy atom. The van der Waals surface area contributed by atoms with Crippen molar-refractivity contribution in [3.63, 3.8) is 0 Å². The Bertz CT molecular complexity index is 430. The van der Waals surface area contributed by atoms with Crippen LogP contribution >= 0.6 is 0 Å². The molecule has 0 saturated heterocycles. The zero-order valence-corrected chi connectivity index (χ0v) is 8.78. The fourth-order valence-corrected chi connectivity index (χ4v) is 1.75. The molecule has 2 N–H and O–H groups in total. The van der Waals surface area contributed by atoms with Crippen LogP contribution in [0.4, 0.5) is 10.1 Å². The summed E-state index contributed by atoms with van der Waals surface area (Å²) in [6.45, 7) is 0. The molecule has 4 nitrogen and oxygen atoms in total. The molecule has 5 heteroatoms. The highest BCUT2D eigenvalue weighted by atomic mass is 19.1. The van der Waals surface area contributed by atoms with Gasteiger partial charge in [0.1, 0.15) is 5.82 Å². The van der Waals surface area contributed by atoms with E-state index in [1.54, 1.807) is 0 Å². The number of benzene rings is 1. The molecular formula is C11H13FN2O2. The monoisotopic (exact) mass is 224 g/mol. The van der Waals surface area contributed by atoms with Crippen LogP contribution in [0.25, 0.3) is 0 Å². The number of hydrogen-bond acceptors (Lipinski definition) is 3. The molecule has 2 rings (SSSR count). The minimum Gasteiger partial charge on any atom is -0.325 e. The number of nitro groups is 1. The zero-order valence-electron chi connectivity index (χ0n) is 8.78. The van der Waals surface area contributed by atoms with Gasteiger partial charge < -0.3 is 5.73 Å². The normalized spacial score (nSPS) is 17.1. The molecule has 0 bridgehead atoms. The van der Waals surface area contributed by atoms with Crippen molar-refractivity contribution in [1.29, 1.82) is 0 Å². The molecule has 0 unspecified atom stereocenters. The Morgan fingerprint density at radius 2 is 2.19 bits per heavy atom. The topological polar surface area (TPSA) is 69.2 Å². The largest absolute Gasteiger partial charge is 0.325 e. The number of nitrogens with zero attached hydrogens (tertiary/aromatic N) is 1. The molecule has 0 amide bonds. The molecule has 0 radical (unpaired) electrons. The summed E-state index contributed by atoms with van der Waals surface area (Å²) in [4.78, 5) is 10.2. The maximum absolute atomic E-state index is 13.5. The van der Waals surface area contributed by atoms with Gasteiger partial charge >= 0.3 is 0 Å². The van der Waals surface area contributed by atoms with Gasteiger partial charge in [0.2, 0.25) is 0 Å². The maximum Gasteiger partial charge on any atom is 0.275 e. The van der Waals surface area contributed by atoms with E-state index in [1.165, 1.54) is 18.2 Å². The molecule has 0 atom stereocenters. The van der Waals surface area contributed by atoms with Gasteiger partial charge in [-0.05, 0) is 31.7 Å². The molecule has 0 heterocycles. The number of hydrogen-bond donors (Lipinski definition) is 1. The predicted molar refractivity (Wildman–Crippen MR) is 57.5 cm³/mol. The number of nitro benzene ring substituents is 1. The van der Waals surface area contributed by atoms with Crippen molar-refractivity contribution in [3.8, 4) is 0 Å². The van der Waals surface area contributed by atoms with Crippen molar-refractivity contribution in [2.75, 3.05) is 0 Å². The van der Waals surface area contributed by atoms with E-state index >= 15 is 0 Å². The summed E-state index contributed by atoms with van der Waals surface area (Å²) in [5.74, 6) is -0.515. The van der Waals surface area contributed by atoms with Crippen molar-refractivity contribution in [3.05, 3.63) is 39.7 Å². The number of nitrogens with two attached hydrogens (primary N) is 1. The minimum absolute atomic E-state index is 0.149. The highest BCUT2D eigenvalue weighted by Gasteiger charge is 2.38. The fourth-order valence-electron chi connectivity index (χ4n) is 1.75. The lowest BCUT2D eigenvalue weighted by Gasteiger charge is -2.08. The van der Waals surface area contributed by atoms with Crippen LogP contribution in [-0.2, 0) is 6.42 Å². The maximum atomic E-state index is 13.5. The Labute approximate surface area is 92.4 Å². The van der Waals surface area contributed by atoms with E-state index in [1.807, 2.05) is 0 Å². The summed E-state index contributed by atoms with van der Waals surface area (Å²) in [5, 5.41) is 10.7. The number of rotatable bonds is 4. The molecule has 1 aliphatic carbocycles. The Balaban J connectivity index is 2.20. The van der Waals surface area contributed by atoms with Gasteiger partial charge in [0.05, 0.1) is 10.5 Å². The fraction of sp³-hybridized carbons (Fsp3) is 0.455. The van der Waals surface area contributed by atoms with E-state index in [4.69, 9.17) is 5.73 Å². The van der Waals surface area contributed by atoms with Crippen LogP contribution in [-0.4, -0.2) is 10.5 Å². The van der Waals surface area contributed by atoms with Crippen LogP contribution < -0.4 is 5.73 Å². The molecule has 1 aromatic carbocycles. The molecule has 1 saturated carbocycles. The van der Waals surface area contributed by atoms with Crippen LogP contribution in [0.1, 0.15) is 24.8 Å². The van der Waals surface area contributed by atoms with Crippen molar-refractivity contribution in [1.82, 2.24) is 0 Å². The zero-order chi connectivity index (χ0) is 11.8. The Hall–Kier alpha value is -1.49. The summed E-state index contributed by atoms with van der Waals surface area (Å²) in [6.07, 6.45) is 2.79. The third-order valence-electron chi connectivity index (χ3n) is 3.06.